The van der Waals surface area contributed by atoms with Crippen molar-refractivity contribution in [2.75, 3.05) is 37.6 Å². The number of anilines is 2. The van der Waals surface area contributed by atoms with Gasteiger partial charge in [-0.15, -0.1) is 0 Å². The average molecular weight is 598 g/mol. The van der Waals surface area contributed by atoms with Crippen LogP contribution in [0.25, 0.3) is 0 Å². The number of nitrogens with zero attached hydrogens (tertiary/aromatic N) is 2. The number of aliphatic hydroxyl groups is 1. The third kappa shape index (κ3) is 6.64. The Morgan fingerprint density at radius 2 is 1.83 bits per heavy atom. The van der Waals surface area contributed by atoms with E-state index in [1.165, 1.54) is 37.3 Å². The van der Waals surface area contributed by atoms with Gasteiger partial charge in [0, 0.05) is 40.4 Å². The number of fused-ring (bicyclic) bond motifs is 1. The molecule has 0 saturated carbocycles. The molecule has 0 radical (unpaired) electrons. The van der Waals surface area contributed by atoms with Crippen LogP contribution in [0.5, 0.6) is 11.5 Å². The second-order valence-electron chi connectivity index (χ2n) is 10.5. The molecule has 0 fully saturated rings. The number of benzene rings is 2. The molecule has 2 atom stereocenters. The molecule has 2 heterocycles. The number of carbonyl (C=O) groups is 3. The van der Waals surface area contributed by atoms with Gasteiger partial charge in [-0.2, -0.15) is 0 Å². The fourth-order valence-corrected chi connectivity index (χ4v) is 4.87. The Hall–Kier alpha value is -4.19. The van der Waals surface area contributed by atoms with Crippen LogP contribution in [0, 0.1) is 5.41 Å². The van der Waals surface area contributed by atoms with Gasteiger partial charge in [-0.1, -0.05) is 43.6 Å². The number of halogens is 1. The highest BCUT2D eigenvalue weighted by atomic mass is 35.5. The minimum atomic E-state index is -1.30. The number of rotatable bonds is 10. The van der Waals surface area contributed by atoms with Gasteiger partial charge in [0.25, 0.3) is 5.91 Å². The molecule has 3 aromatic rings. The van der Waals surface area contributed by atoms with Crippen molar-refractivity contribution in [2.45, 2.75) is 32.5 Å². The maximum absolute atomic E-state index is 14.1. The number of methoxy groups -OCH3 is 2. The summed E-state index contributed by atoms with van der Waals surface area (Å²) >= 11 is 6.44. The smallest absolute Gasteiger partial charge is 0.354 e. The first-order valence-corrected chi connectivity index (χ1v) is 13.4. The largest absolute Gasteiger partial charge is 0.493 e. The molecule has 3 N–H and O–H groups in total. The zero-order valence-electron chi connectivity index (χ0n) is 23.6. The van der Waals surface area contributed by atoms with Crippen LogP contribution in [-0.2, 0) is 14.3 Å². The van der Waals surface area contributed by atoms with E-state index in [4.69, 9.17) is 25.8 Å². The van der Waals surface area contributed by atoms with Crippen molar-refractivity contribution in [3.05, 3.63) is 76.4 Å². The fraction of sp³-hybridized carbons (Fsp3) is 0.333. The zero-order valence-corrected chi connectivity index (χ0v) is 24.3. The van der Waals surface area contributed by atoms with Gasteiger partial charge in [-0.05, 0) is 36.4 Å². The molecule has 1 aliphatic rings. The highest BCUT2D eigenvalue weighted by Crippen LogP contribution is 2.45. The van der Waals surface area contributed by atoms with E-state index < -0.39 is 41.8 Å². The van der Waals surface area contributed by atoms with Crippen LogP contribution in [-0.4, -0.2) is 66.5 Å². The van der Waals surface area contributed by atoms with Crippen LogP contribution in [0.2, 0.25) is 5.02 Å². The number of amides is 2. The van der Waals surface area contributed by atoms with Gasteiger partial charge >= 0.3 is 5.97 Å². The number of pyridine rings is 1. The first-order valence-electron chi connectivity index (χ1n) is 13.1. The molecule has 2 amide bonds. The second kappa shape index (κ2) is 12.8. The van der Waals surface area contributed by atoms with Gasteiger partial charge in [0.2, 0.25) is 5.91 Å². The number of carboxylic acids is 1. The molecular formula is C30H32ClN3O8. The summed E-state index contributed by atoms with van der Waals surface area (Å²) in [7, 11) is 2.99. The SMILES string of the molecule is COc1cccc([C@H]2O[C@H](CC(=O)Nc3cccc(C(=O)O)n3)C(=O)N(CC(C)(C)CO)c3ccc(Cl)cc32)c1OC. The van der Waals surface area contributed by atoms with Gasteiger partial charge in [-0.3, -0.25) is 9.59 Å². The topological polar surface area (TPSA) is 148 Å². The maximum Gasteiger partial charge on any atom is 0.354 e. The first-order chi connectivity index (χ1) is 20.0. The summed E-state index contributed by atoms with van der Waals surface area (Å²) in [6, 6.07) is 14.5. The number of hydrogen-bond donors (Lipinski definition) is 3. The molecule has 12 heteroatoms. The van der Waals surface area contributed by atoms with E-state index in [1.54, 1.807) is 36.4 Å². The van der Waals surface area contributed by atoms with Crippen molar-refractivity contribution >= 4 is 40.9 Å². The number of hydrogen-bond acceptors (Lipinski definition) is 8. The van der Waals surface area contributed by atoms with E-state index in [0.717, 1.165) is 0 Å². The summed E-state index contributed by atoms with van der Waals surface area (Å²) in [6.07, 6.45) is -2.63. The Balaban J connectivity index is 1.80. The molecule has 0 unspecified atom stereocenters. The maximum atomic E-state index is 14.1. The lowest BCUT2D eigenvalue weighted by molar-refractivity contribution is -0.136. The van der Waals surface area contributed by atoms with Crippen molar-refractivity contribution in [2.24, 2.45) is 5.41 Å². The quantitative estimate of drug-likeness (QED) is 0.311. The van der Waals surface area contributed by atoms with Crippen molar-refractivity contribution in [3.8, 4) is 11.5 Å². The Kier molecular flexibility index (Phi) is 9.35. The predicted octanol–water partition coefficient (Wildman–Crippen LogP) is 4.32. The van der Waals surface area contributed by atoms with Crippen LogP contribution >= 0.6 is 11.6 Å². The van der Waals surface area contributed by atoms with Gasteiger partial charge < -0.3 is 34.6 Å². The predicted molar refractivity (Wildman–Crippen MR) is 155 cm³/mol. The van der Waals surface area contributed by atoms with Crippen LogP contribution < -0.4 is 19.7 Å². The van der Waals surface area contributed by atoms with Crippen molar-refractivity contribution in [3.63, 3.8) is 0 Å². The highest BCUT2D eigenvalue weighted by Gasteiger charge is 2.40. The van der Waals surface area contributed by atoms with E-state index in [-0.39, 0.29) is 24.7 Å². The molecule has 0 saturated heterocycles. The Morgan fingerprint density at radius 1 is 1.10 bits per heavy atom. The van der Waals surface area contributed by atoms with E-state index in [9.17, 15) is 24.6 Å². The van der Waals surface area contributed by atoms with Gasteiger partial charge in [0.05, 0.1) is 20.6 Å². The van der Waals surface area contributed by atoms with Crippen molar-refractivity contribution < 1.29 is 38.8 Å². The Bertz CT molecular complexity index is 1500. The molecule has 11 nitrogen and oxygen atoms in total. The molecule has 42 heavy (non-hydrogen) atoms. The third-order valence-electron chi connectivity index (χ3n) is 6.74. The van der Waals surface area contributed by atoms with Gasteiger partial charge in [-0.25, -0.2) is 9.78 Å². The normalized spacial score (nSPS) is 16.8. The third-order valence-corrected chi connectivity index (χ3v) is 6.98. The standard InChI is InChI=1S/C30H32ClN3O8/c1-30(2,16-35)15-34-21-12-11-17(31)13-19(21)26(18-7-5-9-22(40-3)27(18)41-4)42-23(28(34)37)14-25(36)33-24-10-6-8-20(32-24)29(38)39/h5-13,23,26,35H,14-16H2,1-4H3,(H,38,39)(H,32,33,36)/t23-,26-/m1/s1. The number of para-hydroxylation sites is 1. The zero-order chi connectivity index (χ0) is 30.6. The Morgan fingerprint density at radius 3 is 2.50 bits per heavy atom. The molecule has 0 aliphatic carbocycles. The fourth-order valence-electron chi connectivity index (χ4n) is 4.69. The molecule has 1 aromatic heterocycles. The number of carboxylic acid groups (broad SMARTS) is 1. The van der Waals surface area contributed by atoms with Crippen LogP contribution in [0.3, 0.4) is 0 Å². The van der Waals surface area contributed by atoms with E-state index in [0.29, 0.717) is 33.3 Å². The molecule has 0 bridgehead atoms. The lowest BCUT2D eigenvalue weighted by Crippen LogP contribution is -2.46. The monoisotopic (exact) mass is 597 g/mol. The van der Waals surface area contributed by atoms with Crippen LogP contribution in [0.1, 0.15) is 48.0 Å². The van der Waals surface area contributed by atoms with Crippen molar-refractivity contribution in [1.82, 2.24) is 4.98 Å². The van der Waals surface area contributed by atoms with E-state index >= 15 is 0 Å². The van der Waals surface area contributed by atoms with E-state index in [2.05, 4.69) is 10.3 Å². The summed E-state index contributed by atoms with van der Waals surface area (Å²) in [4.78, 5) is 44.1. The summed E-state index contributed by atoms with van der Waals surface area (Å²) in [6.45, 7) is 3.53. The molecule has 222 valence electrons. The molecular weight excluding hydrogens is 566 g/mol. The number of aromatic nitrogens is 1. The summed E-state index contributed by atoms with van der Waals surface area (Å²) in [5.74, 6) is -1.54. The van der Waals surface area contributed by atoms with Crippen LogP contribution in [0.15, 0.2) is 54.6 Å². The van der Waals surface area contributed by atoms with Gasteiger partial charge in [0.15, 0.2) is 17.2 Å². The number of aliphatic hydroxyl groups excluding tert-OH is 1. The summed E-state index contributed by atoms with van der Waals surface area (Å²) < 4.78 is 17.6. The van der Waals surface area contributed by atoms with Crippen LogP contribution in [0.4, 0.5) is 11.5 Å². The van der Waals surface area contributed by atoms with E-state index in [1.807, 2.05) is 13.8 Å². The Labute approximate surface area is 248 Å². The van der Waals surface area contributed by atoms with Crippen molar-refractivity contribution in [1.29, 1.82) is 0 Å². The number of carbonyl (C=O) groups excluding carboxylic acids is 2. The minimum absolute atomic E-state index is 0.0142. The molecule has 2 aromatic carbocycles. The second-order valence-corrected chi connectivity index (χ2v) is 10.9. The summed E-state index contributed by atoms with van der Waals surface area (Å²) in [5, 5.41) is 22.2. The lowest BCUT2D eigenvalue weighted by atomic mass is 9.92. The number of nitrogens with one attached hydrogen (secondary N) is 1. The average Bonchev–Trinajstić information content (AvgIpc) is 3.06. The lowest BCUT2D eigenvalue weighted by Gasteiger charge is -2.32. The minimum Gasteiger partial charge on any atom is -0.493 e. The summed E-state index contributed by atoms with van der Waals surface area (Å²) in [5.41, 5.74) is 0.644. The first kappa shape index (κ1) is 30.8. The molecule has 4 rings (SSSR count). The highest BCUT2D eigenvalue weighted by molar-refractivity contribution is 6.30. The number of aromatic carboxylic acids is 1. The molecule has 1 aliphatic heterocycles. The number of ether oxygens (including phenoxy) is 3. The van der Waals surface area contributed by atoms with Gasteiger partial charge in [0.1, 0.15) is 18.0 Å². The molecule has 0 spiro atoms.